The molecule has 2 aromatic carbocycles. The highest BCUT2D eigenvalue weighted by Crippen LogP contribution is 2.30. The van der Waals surface area contributed by atoms with Gasteiger partial charge in [-0.2, -0.15) is 13.2 Å². The third kappa shape index (κ3) is 7.16. The van der Waals surface area contributed by atoms with Crippen LogP contribution in [0.1, 0.15) is 12.0 Å². The summed E-state index contributed by atoms with van der Waals surface area (Å²) in [6.07, 6.45) is -2.20. The van der Waals surface area contributed by atoms with E-state index < -0.39 is 29.8 Å². The lowest BCUT2D eigenvalue weighted by Crippen LogP contribution is -2.47. The zero-order chi connectivity index (χ0) is 26.6. The number of nitrogens with zero attached hydrogens (tertiary/aromatic N) is 4. The van der Waals surface area contributed by atoms with Gasteiger partial charge in [-0.05, 0) is 56.3 Å². The summed E-state index contributed by atoms with van der Waals surface area (Å²) in [5, 5.41) is 0. The van der Waals surface area contributed by atoms with Crippen molar-refractivity contribution in [3.8, 4) is 11.4 Å². The van der Waals surface area contributed by atoms with Crippen LogP contribution in [0, 0.1) is 12.7 Å². The maximum atomic E-state index is 13.3. The quantitative estimate of drug-likeness (QED) is 0.392. The van der Waals surface area contributed by atoms with E-state index in [1.807, 2.05) is 4.90 Å². The highest BCUT2D eigenvalue weighted by molar-refractivity contribution is 5.85. The summed E-state index contributed by atoms with van der Waals surface area (Å²) < 4.78 is 58.7. The fourth-order valence-corrected chi connectivity index (χ4v) is 4.39. The molecule has 12 heteroatoms. The van der Waals surface area contributed by atoms with Gasteiger partial charge >= 0.3 is 11.9 Å². The van der Waals surface area contributed by atoms with Crippen molar-refractivity contribution >= 4 is 18.1 Å². The van der Waals surface area contributed by atoms with Crippen molar-refractivity contribution in [3.63, 3.8) is 0 Å². The Morgan fingerprint density at radius 3 is 2.24 bits per heavy atom. The van der Waals surface area contributed by atoms with Crippen LogP contribution in [0.3, 0.4) is 0 Å². The molecule has 2 heterocycles. The maximum Gasteiger partial charge on any atom is 0.422 e. The van der Waals surface area contributed by atoms with E-state index in [1.165, 1.54) is 28.8 Å². The van der Waals surface area contributed by atoms with E-state index >= 15 is 0 Å². The Morgan fingerprint density at radius 1 is 0.921 bits per heavy atom. The lowest BCUT2D eigenvalue weighted by atomic mass is 10.2. The number of aromatic nitrogens is 2. The van der Waals surface area contributed by atoms with Crippen molar-refractivity contribution in [3.05, 3.63) is 86.9 Å². The van der Waals surface area contributed by atoms with E-state index in [0.717, 1.165) is 4.57 Å². The van der Waals surface area contributed by atoms with E-state index in [9.17, 15) is 27.2 Å². The third-order valence-corrected chi connectivity index (χ3v) is 6.25. The first-order chi connectivity index (χ1) is 17.6. The van der Waals surface area contributed by atoms with E-state index in [-0.39, 0.29) is 18.2 Å². The van der Waals surface area contributed by atoms with Gasteiger partial charge in [0, 0.05) is 44.5 Å². The van der Waals surface area contributed by atoms with E-state index in [1.54, 1.807) is 37.4 Å². The molecular formula is C26H29ClF4N4O3. The summed E-state index contributed by atoms with van der Waals surface area (Å²) in [6, 6.07) is 11.9. The van der Waals surface area contributed by atoms with Crippen LogP contribution in [0.5, 0.6) is 5.75 Å². The average molecular weight is 557 g/mol. The number of alkyl halides is 3. The molecule has 0 atom stereocenters. The predicted octanol–water partition coefficient (Wildman–Crippen LogP) is 4.02. The number of benzene rings is 2. The van der Waals surface area contributed by atoms with Gasteiger partial charge < -0.3 is 9.64 Å². The fraction of sp³-hybridized carbons (Fsp3) is 0.385. The second-order valence-electron chi connectivity index (χ2n) is 8.96. The Balaban J connectivity index is 0.00000400. The van der Waals surface area contributed by atoms with Gasteiger partial charge in [-0.25, -0.2) is 13.8 Å². The van der Waals surface area contributed by atoms with Gasteiger partial charge in [0.25, 0.3) is 5.56 Å². The molecule has 0 spiro atoms. The number of hydrogen-bond donors (Lipinski definition) is 0. The summed E-state index contributed by atoms with van der Waals surface area (Å²) in [6.45, 7) is 4.07. The monoisotopic (exact) mass is 556 g/mol. The van der Waals surface area contributed by atoms with Crippen molar-refractivity contribution in [1.29, 1.82) is 0 Å². The topological polar surface area (TPSA) is 59.7 Å². The minimum absolute atomic E-state index is 0. The zero-order valence-corrected chi connectivity index (χ0v) is 21.6. The summed E-state index contributed by atoms with van der Waals surface area (Å²) in [5.74, 6) is -0.249. The van der Waals surface area contributed by atoms with Gasteiger partial charge in [-0.3, -0.25) is 14.3 Å². The van der Waals surface area contributed by atoms with E-state index in [4.69, 9.17) is 4.74 Å². The molecule has 1 saturated heterocycles. The zero-order valence-electron chi connectivity index (χ0n) is 20.8. The van der Waals surface area contributed by atoms with Gasteiger partial charge in [0.15, 0.2) is 6.61 Å². The Hall–Kier alpha value is -3.31. The highest BCUT2D eigenvalue weighted by atomic mass is 35.5. The molecule has 0 amide bonds. The first-order valence-electron chi connectivity index (χ1n) is 12.0. The fourth-order valence-electron chi connectivity index (χ4n) is 4.39. The molecule has 0 aliphatic carbocycles. The standard InChI is InChI=1S/C26H28F4N4O3.ClH/c1-19-17-33(25(36)34(24(19)35)21-9-7-20(27)8-10-21)12-4-11-31-13-15-32(16-14-31)22-5-2-3-6-23(22)37-18-26(28,29)30;/h2-3,5-10,17H,4,11-16,18H2,1H3;1H. The molecule has 1 aliphatic heterocycles. The average Bonchev–Trinajstić information content (AvgIpc) is 2.87. The lowest BCUT2D eigenvalue weighted by Gasteiger charge is -2.36. The van der Waals surface area contributed by atoms with Gasteiger partial charge in [0.05, 0.1) is 11.4 Å². The minimum atomic E-state index is -4.40. The molecule has 4 rings (SSSR count). The van der Waals surface area contributed by atoms with Crippen molar-refractivity contribution in [2.24, 2.45) is 0 Å². The summed E-state index contributed by atoms with van der Waals surface area (Å²) >= 11 is 0. The molecule has 1 aliphatic rings. The number of rotatable bonds is 8. The number of piperazine rings is 1. The van der Waals surface area contributed by atoms with Crippen LogP contribution in [0.2, 0.25) is 0 Å². The van der Waals surface area contributed by atoms with Gasteiger partial charge in [0.2, 0.25) is 0 Å². The Bertz CT molecular complexity index is 1330. The number of aryl methyl sites for hydroxylation is 2. The van der Waals surface area contributed by atoms with Crippen LogP contribution in [-0.2, 0) is 6.54 Å². The molecule has 0 radical (unpaired) electrons. The smallest absolute Gasteiger partial charge is 0.422 e. The van der Waals surface area contributed by atoms with Crippen molar-refractivity contribution in [2.45, 2.75) is 26.1 Å². The molecule has 38 heavy (non-hydrogen) atoms. The lowest BCUT2D eigenvalue weighted by molar-refractivity contribution is -0.153. The second-order valence-corrected chi connectivity index (χ2v) is 8.96. The largest absolute Gasteiger partial charge is 0.482 e. The molecule has 0 N–H and O–H groups in total. The molecule has 3 aromatic rings. The number of halogens is 5. The number of ether oxygens (including phenoxy) is 1. The van der Waals surface area contributed by atoms with Crippen molar-refractivity contribution in [1.82, 2.24) is 14.0 Å². The Kier molecular flexibility index (Phi) is 9.61. The highest BCUT2D eigenvalue weighted by Gasteiger charge is 2.29. The van der Waals surface area contributed by atoms with Crippen LogP contribution in [0.25, 0.3) is 5.69 Å². The number of para-hydroxylation sites is 2. The van der Waals surface area contributed by atoms with Crippen LogP contribution in [0.15, 0.2) is 64.3 Å². The van der Waals surface area contributed by atoms with E-state index in [2.05, 4.69) is 4.90 Å². The second kappa shape index (κ2) is 12.5. The van der Waals surface area contributed by atoms with Crippen molar-refractivity contribution < 1.29 is 22.3 Å². The van der Waals surface area contributed by atoms with Crippen LogP contribution < -0.4 is 20.9 Å². The van der Waals surface area contributed by atoms with Crippen LogP contribution >= 0.6 is 12.4 Å². The number of hydrogen-bond acceptors (Lipinski definition) is 5. The molecule has 1 fully saturated rings. The molecule has 0 saturated carbocycles. The summed E-state index contributed by atoms with van der Waals surface area (Å²) in [4.78, 5) is 29.8. The van der Waals surface area contributed by atoms with Gasteiger partial charge in [0.1, 0.15) is 11.6 Å². The summed E-state index contributed by atoms with van der Waals surface area (Å²) in [7, 11) is 0. The third-order valence-electron chi connectivity index (χ3n) is 6.25. The Morgan fingerprint density at radius 2 is 1.58 bits per heavy atom. The Labute approximate surface area is 223 Å². The first kappa shape index (κ1) is 29.2. The molecule has 0 bridgehead atoms. The van der Waals surface area contributed by atoms with E-state index in [0.29, 0.717) is 62.6 Å². The van der Waals surface area contributed by atoms with Gasteiger partial charge in [-0.15, -0.1) is 12.4 Å². The van der Waals surface area contributed by atoms with Crippen LogP contribution in [-0.4, -0.2) is 59.5 Å². The number of anilines is 1. The SMILES string of the molecule is Cc1cn(CCCN2CCN(c3ccccc3OCC(F)(F)F)CC2)c(=O)n(-c2ccc(F)cc2)c1=O.Cl. The molecule has 206 valence electrons. The molecule has 0 unspecified atom stereocenters. The maximum absolute atomic E-state index is 13.3. The predicted molar refractivity (Wildman–Crippen MR) is 140 cm³/mol. The van der Waals surface area contributed by atoms with Crippen molar-refractivity contribution in [2.75, 3.05) is 44.2 Å². The van der Waals surface area contributed by atoms with Gasteiger partial charge in [-0.1, -0.05) is 12.1 Å². The molecular weight excluding hydrogens is 528 g/mol. The van der Waals surface area contributed by atoms with Crippen LogP contribution in [0.4, 0.5) is 23.2 Å². The molecule has 7 nitrogen and oxygen atoms in total. The molecule has 1 aromatic heterocycles. The normalized spacial score (nSPS) is 14.3. The summed E-state index contributed by atoms with van der Waals surface area (Å²) in [5.41, 5.74) is 0.427. The minimum Gasteiger partial charge on any atom is -0.482 e. The first-order valence-corrected chi connectivity index (χ1v) is 12.0.